The topological polar surface area (TPSA) is 35.5 Å². The molecule has 0 radical (unpaired) electrons. The van der Waals surface area contributed by atoms with Crippen LogP contribution in [0.25, 0.3) is 0 Å². The van der Waals surface area contributed by atoms with Crippen LogP contribution in [-0.2, 0) is 20.7 Å². The Morgan fingerprint density at radius 3 is 3.25 bits per heavy atom. The average Bonchev–Trinajstić information content (AvgIpc) is 2.96. The maximum Gasteiger partial charge on any atom is 0.163 e. The van der Waals surface area contributed by atoms with Gasteiger partial charge >= 0.3 is 0 Å². The van der Waals surface area contributed by atoms with Crippen LogP contribution in [0.2, 0.25) is 0 Å². The number of carbonyl (C=O) groups excluding carboxylic acids is 1. The Bertz CT molecular complexity index is 315. The molecule has 16 heavy (non-hydrogen) atoms. The van der Waals surface area contributed by atoms with Gasteiger partial charge in [0.1, 0.15) is 6.61 Å². The van der Waals surface area contributed by atoms with Crippen molar-refractivity contribution >= 4 is 17.1 Å². The molecule has 1 saturated heterocycles. The second-order valence-corrected chi connectivity index (χ2v) is 4.94. The molecular weight excluding hydrogens is 224 g/mol. The van der Waals surface area contributed by atoms with Crippen LogP contribution in [0.5, 0.6) is 0 Å². The second kappa shape index (κ2) is 6.13. The first-order chi connectivity index (χ1) is 7.86. The molecule has 2 heterocycles. The van der Waals surface area contributed by atoms with Crippen LogP contribution in [0.15, 0.2) is 17.5 Å². The fraction of sp³-hybridized carbons (Fsp3) is 0.583. The van der Waals surface area contributed by atoms with Crippen LogP contribution >= 0.6 is 11.3 Å². The number of carbonyl (C=O) groups is 1. The van der Waals surface area contributed by atoms with Crippen LogP contribution in [0, 0.1) is 5.92 Å². The summed E-state index contributed by atoms with van der Waals surface area (Å²) in [7, 11) is 0. The summed E-state index contributed by atoms with van der Waals surface area (Å²) in [5.74, 6) is 0.255. The van der Waals surface area contributed by atoms with E-state index in [9.17, 15) is 4.79 Å². The van der Waals surface area contributed by atoms with Gasteiger partial charge in [-0.1, -0.05) is 6.07 Å². The van der Waals surface area contributed by atoms with Gasteiger partial charge in [-0.25, -0.2) is 0 Å². The quantitative estimate of drug-likeness (QED) is 0.713. The van der Waals surface area contributed by atoms with Gasteiger partial charge in [0.15, 0.2) is 5.78 Å². The predicted molar refractivity (Wildman–Crippen MR) is 62.8 cm³/mol. The van der Waals surface area contributed by atoms with Crippen molar-refractivity contribution in [3.05, 3.63) is 22.4 Å². The lowest BCUT2D eigenvalue weighted by atomic mass is 10.0. The number of ether oxygens (including phenoxy) is 2. The lowest BCUT2D eigenvalue weighted by Gasteiger charge is -2.06. The van der Waals surface area contributed by atoms with Gasteiger partial charge in [0, 0.05) is 23.8 Å². The molecule has 1 aliphatic heterocycles. The maximum atomic E-state index is 11.6. The molecule has 0 N–H and O–H groups in total. The van der Waals surface area contributed by atoms with Crippen LogP contribution in [0.3, 0.4) is 0 Å². The van der Waals surface area contributed by atoms with Gasteiger partial charge in [0.2, 0.25) is 0 Å². The summed E-state index contributed by atoms with van der Waals surface area (Å²) in [6, 6.07) is 4.11. The number of hydrogen-bond acceptors (Lipinski definition) is 4. The van der Waals surface area contributed by atoms with Gasteiger partial charge in [-0.15, -0.1) is 11.3 Å². The molecule has 0 saturated carbocycles. The van der Waals surface area contributed by atoms with Gasteiger partial charge in [-0.05, 0) is 17.9 Å². The van der Waals surface area contributed by atoms with Crippen LogP contribution in [0.4, 0.5) is 0 Å². The average molecular weight is 240 g/mol. The van der Waals surface area contributed by atoms with Crippen molar-refractivity contribution < 1.29 is 14.3 Å². The number of rotatable bonds is 6. The minimum atomic E-state index is 0.0711. The molecule has 0 spiro atoms. The standard InChI is InChI=1S/C12H16O3S/c13-12(10-3-5-14-8-10)9-15-6-4-11-2-1-7-16-11/h1-2,7,10H,3-6,8-9H2. The smallest absolute Gasteiger partial charge is 0.163 e. The third-order valence-corrected chi connectivity index (χ3v) is 3.64. The summed E-state index contributed by atoms with van der Waals surface area (Å²) in [5, 5.41) is 2.05. The molecule has 1 aliphatic rings. The summed E-state index contributed by atoms with van der Waals surface area (Å²) < 4.78 is 10.6. The summed E-state index contributed by atoms with van der Waals surface area (Å²) >= 11 is 1.72. The Kier molecular flexibility index (Phi) is 4.51. The Balaban J connectivity index is 1.59. The lowest BCUT2D eigenvalue weighted by molar-refractivity contribution is -0.127. The highest BCUT2D eigenvalue weighted by Gasteiger charge is 2.22. The zero-order valence-electron chi connectivity index (χ0n) is 9.19. The van der Waals surface area contributed by atoms with E-state index in [4.69, 9.17) is 9.47 Å². The molecule has 1 unspecified atom stereocenters. The Hall–Kier alpha value is -0.710. The van der Waals surface area contributed by atoms with Gasteiger partial charge in [0.05, 0.1) is 13.2 Å². The van der Waals surface area contributed by atoms with Crippen molar-refractivity contribution in [3.8, 4) is 0 Å². The van der Waals surface area contributed by atoms with E-state index in [0.717, 1.165) is 12.8 Å². The third kappa shape index (κ3) is 3.40. The summed E-state index contributed by atoms with van der Waals surface area (Å²) in [6.07, 6.45) is 1.75. The van der Waals surface area contributed by atoms with Crippen molar-refractivity contribution in [2.24, 2.45) is 5.92 Å². The Morgan fingerprint density at radius 2 is 2.56 bits per heavy atom. The van der Waals surface area contributed by atoms with E-state index in [1.165, 1.54) is 4.88 Å². The van der Waals surface area contributed by atoms with Crippen molar-refractivity contribution in [2.45, 2.75) is 12.8 Å². The van der Waals surface area contributed by atoms with Gasteiger partial charge < -0.3 is 9.47 Å². The number of Topliss-reactive ketones (excluding diaryl/α,β-unsaturated/α-hetero) is 1. The van der Waals surface area contributed by atoms with Crippen molar-refractivity contribution in [1.82, 2.24) is 0 Å². The van der Waals surface area contributed by atoms with E-state index >= 15 is 0 Å². The number of hydrogen-bond donors (Lipinski definition) is 0. The number of thiophene rings is 1. The molecule has 88 valence electrons. The third-order valence-electron chi connectivity index (χ3n) is 2.70. The summed E-state index contributed by atoms with van der Waals surface area (Å²) in [5.41, 5.74) is 0. The highest BCUT2D eigenvalue weighted by Crippen LogP contribution is 2.13. The zero-order chi connectivity index (χ0) is 11.2. The molecule has 0 aromatic carbocycles. The molecule has 4 heteroatoms. The first-order valence-corrected chi connectivity index (χ1v) is 6.45. The van der Waals surface area contributed by atoms with E-state index in [1.807, 2.05) is 6.07 Å². The monoisotopic (exact) mass is 240 g/mol. The van der Waals surface area contributed by atoms with Crippen molar-refractivity contribution in [3.63, 3.8) is 0 Å². The van der Waals surface area contributed by atoms with Crippen molar-refractivity contribution in [1.29, 1.82) is 0 Å². The first-order valence-electron chi connectivity index (χ1n) is 5.57. The van der Waals surface area contributed by atoms with Crippen LogP contribution in [0.1, 0.15) is 11.3 Å². The molecule has 1 fully saturated rings. The van der Waals surface area contributed by atoms with E-state index in [2.05, 4.69) is 11.4 Å². The fourth-order valence-corrected chi connectivity index (χ4v) is 2.40. The SMILES string of the molecule is O=C(COCCc1cccs1)C1CCOC1. The molecule has 0 aliphatic carbocycles. The normalized spacial score (nSPS) is 20.1. The molecule has 3 nitrogen and oxygen atoms in total. The lowest BCUT2D eigenvalue weighted by Crippen LogP contribution is -2.20. The van der Waals surface area contributed by atoms with E-state index in [-0.39, 0.29) is 18.3 Å². The van der Waals surface area contributed by atoms with Gasteiger partial charge in [0.25, 0.3) is 0 Å². The first kappa shape index (κ1) is 11.8. The maximum absolute atomic E-state index is 11.6. The van der Waals surface area contributed by atoms with E-state index in [1.54, 1.807) is 11.3 Å². The summed E-state index contributed by atoms with van der Waals surface area (Å²) in [4.78, 5) is 12.9. The predicted octanol–water partition coefficient (Wildman–Crippen LogP) is 1.91. The molecule has 2 rings (SSSR count). The largest absolute Gasteiger partial charge is 0.381 e. The second-order valence-electron chi connectivity index (χ2n) is 3.91. The fourth-order valence-electron chi connectivity index (χ4n) is 1.71. The Labute approximate surface area is 99.4 Å². The zero-order valence-corrected chi connectivity index (χ0v) is 10.0. The highest BCUT2D eigenvalue weighted by atomic mass is 32.1. The molecule has 1 aromatic rings. The highest BCUT2D eigenvalue weighted by molar-refractivity contribution is 7.09. The van der Waals surface area contributed by atoms with E-state index in [0.29, 0.717) is 19.8 Å². The Morgan fingerprint density at radius 1 is 1.62 bits per heavy atom. The molecule has 0 bridgehead atoms. The molecule has 0 amide bonds. The summed E-state index contributed by atoms with van der Waals surface area (Å²) in [6.45, 7) is 2.15. The van der Waals surface area contributed by atoms with E-state index < -0.39 is 0 Å². The van der Waals surface area contributed by atoms with Gasteiger partial charge in [-0.2, -0.15) is 0 Å². The molecular formula is C12H16O3S. The number of ketones is 1. The minimum Gasteiger partial charge on any atom is -0.381 e. The van der Waals surface area contributed by atoms with Crippen LogP contribution in [-0.4, -0.2) is 32.2 Å². The minimum absolute atomic E-state index is 0.0711. The van der Waals surface area contributed by atoms with Crippen LogP contribution < -0.4 is 0 Å². The van der Waals surface area contributed by atoms with Crippen molar-refractivity contribution in [2.75, 3.05) is 26.4 Å². The molecule has 1 aromatic heterocycles. The van der Waals surface area contributed by atoms with Gasteiger partial charge in [-0.3, -0.25) is 4.79 Å². The molecule has 1 atom stereocenters.